The fourth-order valence-electron chi connectivity index (χ4n) is 3.90. The van der Waals surface area contributed by atoms with E-state index in [1.54, 1.807) is 0 Å². The molecule has 0 aliphatic carbocycles. The van der Waals surface area contributed by atoms with Crippen LogP contribution in [0.1, 0.15) is 11.4 Å². The third kappa shape index (κ3) is 4.05. The van der Waals surface area contributed by atoms with Crippen LogP contribution < -0.4 is 15.5 Å². The Hall–Kier alpha value is -3.06. The van der Waals surface area contributed by atoms with E-state index in [1.807, 2.05) is 41.9 Å². The zero-order chi connectivity index (χ0) is 20.4. The van der Waals surface area contributed by atoms with Crippen molar-refractivity contribution < 1.29 is 4.79 Å². The average Bonchev–Trinajstić information content (AvgIpc) is 3.04. The number of carbonyl (C=O) groups excluding carboxylic acids is 1. The Kier molecular flexibility index (Phi) is 5.40. The van der Waals surface area contributed by atoms with E-state index in [4.69, 9.17) is 0 Å². The number of urea groups is 1. The normalized spacial score (nSPS) is 14.9. The van der Waals surface area contributed by atoms with Crippen molar-refractivity contribution in [1.29, 1.82) is 0 Å². The Bertz CT molecular complexity index is 1020. The maximum Gasteiger partial charge on any atom is 0.319 e. The molecule has 1 aliphatic rings. The molecule has 1 fully saturated rings. The summed E-state index contributed by atoms with van der Waals surface area (Å²) in [5.41, 5.74) is 5.12. The minimum atomic E-state index is -0.227. The van der Waals surface area contributed by atoms with Crippen molar-refractivity contribution >= 4 is 28.4 Å². The van der Waals surface area contributed by atoms with Crippen molar-refractivity contribution in [2.24, 2.45) is 7.05 Å². The quantitative estimate of drug-likeness (QED) is 0.717. The summed E-state index contributed by atoms with van der Waals surface area (Å²) in [6.07, 6.45) is 0. The lowest BCUT2D eigenvalue weighted by Crippen LogP contribution is -2.44. The minimum Gasteiger partial charge on any atom is -0.367 e. The molecule has 1 aromatic heterocycles. The number of aromatic nitrogens is 2. The van der Waals surface area contributed by atoms with Crippen LogP contribution in [0.5, 0.6) is 0 Å². The lowest BCUT2D eigenvalue weighted by Gasteiger charge is -2.35. The molecule has 0 bridgehead atoms. The van der Waals surface area contributed by atoms with Gasteiger partial charge in [0.1, 0.15) is 5.82 Å². The molecule has 1 aliphatic heterocycles. The predicted octanol–water partition coefficient (Wildman–Crippen LogP) is 2.96. The Balaban J connectivity index is 1.43. The first-order valence-corrected chi connectivity index (χ1v) is 10.0. The first-order chi connectivity index (χ1) is 14.0. The molecule has 2 amide bonds. The molecule has 0 spiro atoms. The summed E-state index contributed by atoms with van der Waals surface area (Å²) in [5, 5.41) is 5.96. The number of likely N-dealkylation sites (N-methyl/N-ethyl adjacent to an activating group) is 1. The number of nitrogens with zero attached hydrogens (tertiary/aromatic N) is 4. The van der Waals surface area contributed by atoms with Crippen molar-refractivity contribution in [3.63, 3.8) is 0 Å². The highest BCUT2D eigenvalue weighted by molar-refractivity contribution is 5.93. The molecule has 0 radical (unpaired) electrons. The molecular weight excluding hydrogens is 364 g/mol. The number of hydrogen-bond acceptors (Lipinski definition) is 4. The number of fused-ring (bicyclic) bond motifs is 1. The van der Waals surface area contributed by atoms with Gasteiger partial charge in [-0.3, -0.25) is 0 Å². The van der Waals surface area contributed by atoms with Crippen molar-refractivity contribution in [3.05, 3.63) is 53.9 Å². The van der Waals surface area contributed by atoms with Crippen molar-refractivity contribution in [2.75, 3.05) is 43.4 Å². The van der Waals surface area contributed by atoms with Crippen LogP contribution in [0.3, 0.4) is 0 Å². The molecule has 4 rings (SSSR count). The van der Waals surface area contributed by atoms with E-state index in [2.05, 4.69) is 51.5 Å². The number of piperazine rings is 1. The number of carbonyl (C=O) groups is 1. The monoisotopic (exact) mass is 392 g/mol. The molecule has 2 aromatic carbocycles. The van der Waals surface area contributed by atoms with E-state index in [0.717, 1.165) is 54.4 Å². The SMILES string of the molecule is Cc1cccc2nc(CNC(=O)Nc3ccccc3N3CCN(C)CC3)n(C)c12. The molecule has 152 valence electrons. The van der Waals surface area contributed by atoms with Gasteiger partial charge in [-0.25, -0.2) is 9.78 Å². The van der Waals surface area contributed by atoms with E-state index in [1.165, 1.54) is 5.56 Å². The number of anilines is 2. The number of para-hydroxylation sites is 3. The molecule has 7 heteroatoms. The first kappa shape index (κ1) is 19.3. The summed E-state index contributed by atoms with van der Waals surface area (Å²) >= 11 is 0. The second-order valence-corrected chi connectivity index (χ2v) is 7.64. The molecular formula is C22H28N6O. The van der Waals surface area contributed by atoms with E-state index in [0.29, 0.717) is 6.54 Å². The van der Waals surface area contributed by atoms with Gasteiger partial charge in [-0.2, -0.15) is 0 Å². The van der Waals surface area contributed by atoms with Gasteiger partial charge in [0, 0.05) is 33.2 Å². The van der Waals surface area contributed by atoms with Crippen molar-refractivity contribution in [3.8, 4) is 0 Å². The van der Waals surface area contributed by atoms with Gasteiger partial charge in [-0.05, 0) is 37.7 Å². The third-order valence-corrected chi connectivity index (χ3v) is 5.59. The van der Waals surface area contributed by atoms with Gasteiger partial charge in [0.15, 0.2) is 0 Å². The summed E-state index contributed by atoms with van der Waals surface area (Å²) in [6.45, 7) is 6.39. The molecule has 7 nitrogen and oxygen atoms in total. The van der Waals surface area contributed by atoms with E-state index in [9.17, 15) is 4.79 Å². The van der Waals surface area contributed by atoms with Gasteiger partial charge in [0.25, 0.3) is 0 Å². The average molecular weight is 393 g/mol. The summed E-state index contributed by atoms with van der Waals surface area (Å²) < 4.78 is 2.04. The summed E-state index contributed by atoms with van der Waals surface area (Å²) in [4.78, 5) is 21.9. The molecule has 0 saturated carbocycles. The Morgan fingerprint density at radius 2 is 1.79 bits per heavy atom. The van der Waals surface area contributed by atoms with Gasteiger partial charge in [0.2, 0.25) is 0 Å². The Morgan fingerprint density at radius 1 is 1.03 bits per heavy atom. The van der Waals surface area contributed by atoms with E-state index >= 15 is 0 Å². The highest BCUT2D eigenvalue weighted by Gasteiger charge is 2.18. The molecule has 3 aromatic rings. The smallest absolute Gasteiger partial charge is 0.319 e. The second-order valence-electron chi connectivity index (χ2n) is 7.64. The van der Waals surface area contributed by atoms with Crippen LogP contribution in [0.2, 0.25) is 0 Å². The lowest BCUT2D eigenvalue weighted by atomic mass is 10.2. The van der Waals surface area contributed by atoms with Crippen LogP contribution in [0.25, 0.3) is 11.0 Å². The van der Waals surface area contributed by atoms with Crippen LogP contribution in [0.15, 0.2) is 42.5 Å². The van der Waals surface area contributed by atoms with Crippen LogP contribution in [0.4, 0.5) is 16.2 Å². The topological polar surface area (TPSA) is 65.4 Å². The van der Waals surface area contributed by atoms with Crippen molar-refractivity contribution in [1.82, 2.24) is 19.8 Å². The lowest BCUT2D eigenvalue weighted by molar-refractivity contribution is 0.251. The number of imidazole rings is 1. The van der Waals surface area contributed by atoms with Gasteiger partial charge < -0.3 is 25.0 Å². The standard InChI is InChI=1S/C22H28N6O/c1-16-7-6-9-18-21(16)27(3)20(24-18)15-23-22(29)25-17-8-4-5-10-19(17)28-13-11-26(2)12-14-28/h4-10H,11-15H2,1-3H3,(H2,23,25,29). The molecule has 2 heterocycles. The highest BCUT2D eigenvalue weighted by atomic mass is 16.2. The number of amides is 2. The molecule has 0 atom stereocenters. The Labute approximate surface area is 171 Å². The van der Waals surface area contributed by atoms with Crippen molar-refractivity contribution in [2.45, 2.75) is 13.5 Å². The zero-order valence-electron chi connectivity index (χ0n) is 17.3. The molecule has 0 unspecified atom stereocenters. The molecule has 1 saturated heterocycles. The van der Waals surface area contributed by atoms with Gasteiger partial charge in [-0.1, -0.05) is 24.3 Å². The summed E-state index contributed by atoms with van der Waals surface area (Å²) in [6, 6.07) is 13.8. The largest absolute Gasteiger partial charge is 0.367 e. The maximum atomic E-state index is 12.6. The van der Waals surface area contributed by atoms with Crippen LogP contribution >= 0.6 is 0 Å². The van der Waals surface area contributed by atoms with E-state index < -0.39 is 0 Å². The molecule has 2 N–H and O–H groups in total. The van der Waals surface area contributed by atoms with Crippen LogP contribution in [0, 0.1) is 6.92 Å². The summed E-state index contributed by atoms with van der Waals surface area (Å²) in [5.74, 6) is 0.830. The number of benzene rings is 2. The number of aryl methyl sites for hydroxylation is 2. The maximum absolute atomic E-state index is 12.6. The number of hydrogen-bond donors (Lipinski definition) is 2. The minimum absolute atomic E-state index is 0.227. The van der Waals surface area contributed by atoms with Crippen LogP contribution in [-0.2, 0) is 13.6 Å². The zero-order valence-corrected chi connectivity index (χ0v) is 17.3. The second kappa shape index (κ2) is 8.13. The fraction of sp³-hybridized carbons (Fsp3) is 0.364. The van der Waals surface area contributed by atoms with Crippen LogP contribution in [-0.4, -0.2) is 53.7 Å². The van der Waals surface area contributed by atoms with Gasteiger partial charge in [-0.15, -0.1) is 0 Å². The predicted molar refractivity (Wildman–Crippen MR) is 117 cm³/mol. The number of rotatable bonds is 4. The number of nitrogens with one attached hydrogen (secondary N) is 2. The third-order valence-electron chi connectivity index (χ3n) is 5.59. The summed E-state index contributed by atoms with van der Waals surface area (Å²) in [7, 11) is 4.12. The fourth-order valence-corrected chi connectivity index (χ4v) is 3.90. The Morgan fingerprint density at radius 3 is 2.55 bits per heavy atom. The van der Waals surface area contributed by atoms with Gasteiger partial charge >= 0.3 is 6.03 Å². The van der Waals surface area contributed by atoms with E-state index in [-0.39, 0.29) is 6.03 Å². The van der Waals surface area contributed by atoms with Gasteiger partial charge in [0.05, 0.1) is 29.0 Å². The first-order valence-electron chi connectivity index (χ1n) is 10.0. The highest BCUT2D eigenvalue weighted by Crippen LogP contribution is 2.26. The molecule has 29 heavy (non-hydrogen) atoms.